The number of aromatic nitrogens is 1. The number of fused-ring (bicyclic) bond motifs is 1. The SMILES string of the molecule is CC(C)(C)C1NC2CCC(C(=O)O)CC2(C2CCCCCCCC2)N1Cc1ncco1. The van der Waals surface area contributed by atoms with Crippen molar-refractivity contribution in [2.45, 2.75) is 116 Å². The molecule has 4 rings (SSSR count). The van der Waals surface area contributed by atoms with E-state index in [1.54, 1.807) is 12.5 Å². The quantitative estimate of drug-likeness (QED) is 0.683. The van der Waals surface area contributed by atoms with E-state index in [0.717, 1.165) is 25.2 Å². The Morgan fingerprint density at radius 2 is 1.84 bits per heavy atom. The second-order valence-electron chi connectivity index (χ2n) is 11.2. The van der Waals surface area contributed by atoms with Gasteiger partial charge in [0, 0.05) is 11.6 Å². The lowest BCUT2D eigenvalue weighted by atomic mass is 9.63. The van der Waals surface area contributed by atoms with E-state index in [0.29, 0.717) is 18.5 Å². The predicted octanol–water partition coefficient (Wildman–Crippen LogP) is 5.19. The van der Waals surface area contributed by atoms with E-state index in [1.165, 1.54) is 51.4 Å². The van der Waals surface area contributed by atoms with Gasteiger partial charge in [-0.25, -0.2) is 4.98 Å². The predicted molar refractivity (Wildman–Crippen MR) is 120 cm³/mol. The fourth-order valence-electron chi connectivity index (χ4n) is 6.78. The van der Waals surface area contributed by atoms with Crippen LogP contribution in [-0.4, -0.2) is 38.7 Å². The summed E-state index contributed by atoms with van der Waals surface area (Å²) < 4.78 is 5.71. The summed E-state index contributed by atoms with van der Waals surface area (Å²) >= 11 is 0. The van der Waals surface area contributed by atoms with Crippen molar-refractivity contribution in [3.05, 3.63) is 18.4 Å². The van der Waals surface area contributed by atoms with Gasteiger partial charge in [0.1, 0.15) is 6.26 Å². The normalized spacial score (nSPS) is 34.0. The minimum absolute atomic E-state index is 0.0220. The average molecular weight is 432 g/mol. The summed E-state index contributed by atoms with van der Waals surface area (Å²) in [5.41, 5.74) is -0.133. The van der Waals surface area contributed by atoms with E-state index in [4.69, 9.17) is 4.42 Å². The van der Waals surface area contributed by atoms with Gasteiger partial charge in [-0.1, -0.05) is 59.3 Å². The van der Waals surface area contributed by atoms with Gasteiger partial charge in [0.25, 0.3) is 0 Å². The first kappa shape index (κ1) is 22.8. The van der Waals surface area contributed by atoms with E-state index < -0.39 is 5.97 Å². The molecule has 0 radical (unpaired) electrons. The number of rotatable bonds is 4. The number of aliphatic carboxylic acids is 1. The Balaban J connectivity index is 1.77. The summed E-state index contributed by atoms with van der Waals surface area (Å²) in [7, 11) is 0. The van der Waals surface area contributed by atoms with Crippen molar-refractivity contribution in [3.63, 3.8) is 0 Å². The molecule has 3 fully saturated rings. The zero-order valence-electron chi connectivity index (χ0n) is 19.6. The Kier molecular flexibility index (Phi) is 6.78. The van der Waals surface area contributed by atoms with Crippen molar-refractivity contribution in [3.8, 4) is 0 Å². The third-order valence-corrected chi connectivity index (χ3v) is 8.21. The molecule has 2 heterocycles. The number of hydrogen-bond acceptors (Lipinski definition) is 5. The Morgan fingerprint density at radius 1 is 1.16 bits per heavy atom. The van der Waals surface area contributed by atoms with Crippen LogP contribution in [0.4, 0.5) is 0 Å². The maximum Gasteiger partial charge on any atom is 0.306 e. The van der Waals surface area contributed by atoms with E-state index in [-0.39, 0.29) is 23.0 Å². The molecule has 0 aromatic carbocycles. The highest BCUT2D eigenvalue weighted by Crippen LogP contribution is 2.52. The fourth-order valence-corrected chi connectivity index (χ4v) is 6.78. The number of carbonyl (C=O) groups is 1. The number of nitrogens with one attached hydrogen (secondary N) is 1. The highest BCUT2D eigenvalue weighted by Gasteiger charge is 2.61. The molecule has 1 saturated heterocycles. The number of nitrogens with zero attached hydrogens (tertiary/aromatic N) is 2. The second-order valence-corrected chi connectivity index (χ2v) is 11.2. The fraction of sp³-hybridized carbons (Fsp3) is 0.840. The van der Waals surface area contributed by atoms with Gasteiger partial charge in [-0.15, -0.1) is 0 Å². The highest BCUT2D eigenvalue weighted by atomic mass is 16.4. The first-order valence-corrected chi connectivity index (χ1v) is 12.5. The summed E-state index contributed by atoms with van der Waals surface area (Å²) in [4.78, 5) is 19.2. The molecule has 174 valence electrons. The van der Waals surface area contributed by atoms with Crippen LogP contribution in [-0.2, 0) is 11.3 Å². The largest absolute Gasteiger partial charge is 0.481 e. The molecule has 4 atom stereocenters. The molecule has 1 aromatic heterocycles. The van der Waals surface area contributed by atoms with Crippen molar-refractivity contribution in [1.29, 1.82) is 0 Å². The maximum absolute atomic E-state index is 12.2. The molecule has 1 aliphatic heterocycles. The van der Waals surface area contributed by atoms with E-state index in [2.05, 4.69) is 36.0 Å². The zero-order chi connectivity index (χ0) is 22.1. The van der Waals surface area contributed by atoms with E-state index in [9.17, 15) is 9.90 Å². The van der Waals surface area contributed by atoms with Gasteiger partial charge in [0.15, 0.2) is 0 Å². The van der Waals surface area contributed by atoms with Crippen LogP contribution < -0.4 is 5.32 Å². The zero-order valence-corrected chi connectivity index (χ0v) is 19.6. The van der Waals surface area contributed by atoms with Crippen molar-refractivity contribution < 1.29 is 14.3 Å². The molecule has 31 heavy (non-hydrogen) atoms. The monoisotopic (exact) mass is 431 g/mol. The maximum atomic E-state index is 12.2. The summed E-state index contributed by atoms with van der Waals surface area (Å²) in [5.74, 6) is 0.344. The van der Waals surface area contributed by atoms with Gasteiger partial charge < -0.3 is 9.52 Å². The molecular formula is C25H41N3O3. The summed E-state index contributed by atoms with van der Waals surface area (Å²) in [6.45, 7) is 7.50. The molecule has 4 unspecified atom stereocenters. The van der Waals surface area contributed by atoms with Crippen LogP contribution in [0.2, 0.25) is 0 Å². The third-order valence-electron chi connectivity index (χ3n) is 8.21. The third kappa shape index (κ3) is 4.56. The molecule has 2 aliphatic carbocycles. The van der Waals surface area contributed by atoms with Crippen molar-refractivity contribution in [2.75, 3.05) is 0 Å². The van der Waals surface area contributed by atoms with Gasteiger partial charge in [-0.3, -0.25) is 15.0 Å². The van der Waals surface area contributed by atoms with Gasteiger partial charge in [0.05, 0.1) is 24.8 Å². The summed E-state index contributed by atoms with van der Waals surface area (Å²) in [6, 6.07) is 0.327. The summed E-state index contributed by atoms with van der Waals surface area (Å²) in [6.07, 6.45) is 16.2. The van der Waals surface area contributed by atoms with Crippen molar-refractivity contribution in [2.24, 2.45) is 17.3 Å². The Labute approximate surface area is 187 Å². The van der Waals surface area contributed by atoms with Crippen LogP contribution in [0.3, 0.4) is 0 Å². The van der Waals surface area contributed by atoms with Crippen LogP contribution in [0.1, 0.15) is 97.3 Å². The topological polar surface area (TPSA) is 78.6 Å². The van der Waals surface area contributed by atoms with Gasteiger partial charge in [-0.2, -0.15) is 0 Å². The number of oxazole rings is 1. The van der Waals surface area contributed by atoms with Gasteiger partial charge in [0.2, 0.25) is 5.89 Å². The van der Waals surface area contributed by atoms with Gasteiger partial charge in [-0.05, 0) is 43.4 Å². The molecule has 6 heteroatoms. The number of hydrogen-bond donors (Lipinski definition) is 2. The van der Waals surface area contributed by atoms with Crippen LogP contribution in [0, 0.1) is 17.3 Å². The average Bonchev–Trinajstić information content (AvgIpc) is 3.36. The Hall–Kier alpha value is -1.40. The molecule has 6 nitrogen and oxygen atoms in total. The highest BCUT2D eigenvalue weighted by molar-refractivity contribution is 5.70. The lowest BCUT2D eigenvalue weighted by Gasteiger charge is -2.52. The molecule has 2 saturated carbocycles. The van der Waals surface area contributed by atoms with Crippen LogP contribution in [0.15, 0.2) is 16.9 Å². The first-order chi connectivity index (χ1) is 14.8. The van der Waals surface area contributed by atoms with E-state index >= 15 is 0 Å². The van der Waals surface area contributed by atoms with E-state index in [1.807, 2.05) is 0 Å². The Bertz CT molecular complexity index is 719. The number of carboxylic acids is 1. The van der Waals surface area contributed by atoms with Crippen LogP contribution in [0.25, 0.3) is 0 Å². The molecule has 0 spiro atoms. The van der Waals surface area contributed by atoms with Crippen molar-refractivity contribution in [1.82, 2.24) is 15.2 Å². The van der Waals surface area contributed by atoms with Crippen LogP contribution >= 0.6 is 0 Å². The molecule has 0 amide bonds. The minimum Gasteiger partial charge on any atom is -0.481 e. The molecule has 0 bridgehead atoms. The second kappa shape index (κ2) is 9.22. The van der Waals surface area contributed by atoms with Gasteiger partial charge >= 0.3 is 5.97 Å². The first-order valence-electron chi connectivity index (χ1n) is 12.5. The molecular weight excluding hydrogens is 390 g/mol. The minimum atomic E-state index is -0.629. The standard InChI is InChI=1S/C25H41N3O3/c1-24(2,3)23-27-20-13-12-18(22(29)30)16-25(20,28(23)17-21-26-14-15-31-21)19-10-8-6-4-5-7-9-11-19/h14-15,18-20,23,27H,4-13,16-17H2,1-3H3,(H,29,30). The molecule has 2 N–H and O–H groups in total. The van der Waals surface area contributed by atoms with Crippen LogP contribution in [0.5, 0.6) is 0 Å². The van der Waals surface area contributed by atoms with Crippen molar-refractivity contribution >= 4 is 5.97 Å². The lowest BCUT2D eigenvalue weighted by Crippen LogP contribution is -2.61. The molecule has 3 aliphatic rings. The Morgan fingerprint density at radius 3 is 2.42 bits per heavy atom. The smallest absolute Gasteiger partial charge is 0.306 e. The molecule has 1 aromatic rings. The summed E-state index contributed by atoms with van der Waals surface area (Å²) in [5, 5.41) is 14.0. The number of carboxylic acid groups (broad SMARTS) is 1. The lowest BCUT2D eigenvalue weighted by molar-refractivity contribution is -0.146.